The Labute approximate surface area is 121 Å². The number of anilines is 1. The van der Waals surface area contributed by atoms with Crippen LogP contribution in [0.15, 0.2) is 29.0 Å². The fraction of sp³-hybridized carbons (Fsp3) is 0.188. The van der Waals surface area contributed by atoms with Gasteiger partial charge in [0.25, 0.3) is 0 Å². The molecule has 106 valence electrons. The van der Waals surface area contributed by atoms with E-state index in [0.717, 1.165) is 27.7 Å². The van der Waals surface area contributed by atoms with Crippen LogP contribution in [-0.2, 0) is 0 Å². The Bertz CT molecular complexity index is 865. The van der Waals surface area contributed by atoms with Crippen molar-refractivity contribution < 1.29 is 9.32 Å². The lowest BCUT2D eigenvalue weighted by Gasteiger charge is -2.09. The molecule has 0 unspecified atom stereocenters. The summed E-state index contributed by atoms with van der Waals surface area (Å²) in [5.74, 6) is -0.00110. The van der Waals surface area contributed by atoms with E-state index in [9.17, 15) is 4.79 Å². The second-order valence-corrected chi connectivity index (χ2v) is 5.18. The maximum absolute atomic E-state index is 11.8. The molecule has 21 heavy (non-hydrogen) atoms. The summed E-state index contributed by atoms with van der Waals surface area (Å²) in [5, 5.41) is 4.62. The minimum absolute atomic E-state index is 0.00110. The van der Waals surface area contributed by atoms with E-state index in [1.54, 1.807) is 13.0 Å². The Morgan fingerprint density at radius 2 is 2.00 bits per heavy atom. The van der Waals surface area contributed by atoms with Crippen molar-refractivity contribution in [3.05, 3.63) is 41.3 Å². The van der Waals surface area contributed by atoms with E-state index in [1.807, 2.05) is 26.0 Å². The largest absolute Gasteiger partial charge is 0.397 e. The molecule has 0 spiro atoms. The molecule has 0 amide bonds. The highest BCUT2D eigenvalue weighted by Crippen LogP contribution is 2.31. The molecule has 3 aromatic rings. The van der Waals surface area contributed by atoms with Crippen LogP contribution in [0.5, 0.6) is 0 Å². The minimum atomic E-state index is -0.00110. The van der Waals surface area contributed by atoms with Crippen LogP contribution in [0, 0.1) is 13.8 Å². The van der Waals surface area contributed by atoms with Crippen molar-refractivity contribution in [2.24, 2.45) is 0 Å². The number of aryl methyl sites for hydroxylation is 2. The van der Waals surface area contributed by atoms with E-state index in [4.69, 9.17) is 10.3 Å². The van der Waals surface area contributed by atoms with Gasteiger partial charge in [0.15, 0.2) is 5.78 Å². The maximum Gasteiger partial charge on any atom is 0.160 e. The van der Waals surface area contributed by atoms with Gasteiger partial charge in [-0.15, -0.1) is 0 Å². The number of rotatable bonds is 2. The molecule has 5 nitrogen and oxygen atoms in total. The van der Waals surface area contributed by atoms with Gasteiger partial charge >= 0.3 is 0 Å². The fourth-order valence-corrected chi connectivity index (χ4v) is 2.46. The molecule has 2 heterocycles. The molecular formula is C16H15N3O2. The molecule has 2 aromatic heterocycles. The van der Waals surface area contributed by atoms with Gasteiger partial charge in [-0.2, -0.15) is 0 Å². The lowest BCUT2D eigenvalue weighted by atomic mass is 10.00. The standard InChI is InChI=1S/C16H15N3O2/c1-8-4-11(10(3)20)12-6-14(17)16(18-15(12)5-8)13-7-21-19-9(13)2/h4-7H,17H2,1-3H3. The molecule has 5 heteroatoms. The van der Waals surface area contributed by atoms with Crippen LogP contribution in [-0.4, -0.2) is 15.9 Å². The van der Waals surface area contributed by atoms with Gasteiger partial charge in [0.1, 0.15) is 6.26 Å². The minimum Gasteiger partial charge on any atom is -0.397 e. The van der Waals surface area contributed by atoms with E-state index < -0.39 is 0 Å². The Morgan fingerprint density at radius 3 is 2.62 bits per heavy atom. The Hall–Kier alpha value is -2.69. The van der Waals surface area contributed by atoms with Crippen LogP contribution < -0.4 is 5.73 Å². The predicted molar refractivity (Wildman–Crippen MR) is 81.1 cm³/mol. The highest BCUT2D eigenvalue weighted by Gasteiger charge is 2.15. The maximum atomic E-state index is 11.8. The number of Topliss-reactive ketones (excluding diaryl/α,β-unsaturated/α-hetero) is 1. The monoisotopic (exact) mass is 281 g/mol. The number of ketones is 1. The van der Waals surface area contributed by atoms with Gasteiger partial charge in [-0.25, -0.2) is 4.98 Å². The number of nitrogen functional groups attached to an aromatic ring is 1. The normalized spacial score (nSPS) is 11.0. The second-order valence-electron chi connectivity index (χ2n) is 5.18. The van der Waals surface area contributed by atoms with Gasteiger partial charge in [-0.05, 0) is 44.5 Å². The number of hydrogen-bond donors (Lipinski definition) is 1. The predicted octanol–water partition coefficient (Wildman–Crippen LogP) is 3.29. The third kappa shape index (κ3) is 2.16. The van der Waals surface area contributed by atoms with Crippen LogP contribution in [0.25, 0.3) is 22.2 Å². The molecule has 1 aromatic carbocycles. The molecule has 0 fully saturated rings. The summed E-state index contributed by atoms with van der Waals surface area (Å²) in [6.07, 6.45) is 1.53. The zero-order valence-corrected chi connectivity index (χ0v) is 12.1. The molecule has 0 aliphatic heterocycles. The van der Waals surface area contributed by atoms with Crippen LogP contribution in [0.2, 0.25) is 0 Å². The molecule has 0 atom stereocenters. The van der Waals surface area contributed by atoms with E-state index in [1.165, 1.54) is 6.26 Å². The lowest BCUT2D eigenvalue weighted by molar-refractivity contribution is 0.101. The van der Waals surface area contributed by atoms with Crippen molar-refractivity contribution in [3.8, 4) is 11.3 Å². The Morgan fingerprint density at radius 1 is 1.24 bits per heavy atom. The van der Waals surface area contributed by atoms with Crippen molar-refractivity contribution >= 4 is 22.4 Å². The van der Waals surface area contributed by atoms with E-state index in [2.05, 4.69) is 10.1 Å². The van der Waals surface area contributed by atoms with E-state index >= 15 is 0 Å². The van der Waals surface area contributed by atoms with Crippen molar-refractivity contribution in [1.29, 1.82) is 0 Å². The number of carbonyl (C=O) groups is 1. The van der Waals surface area contributed by atoms with Gasteiger partial charge in [0, 0.05) is 10.9 Å². The number of aromatic nitrogens is 2. The zero-order chi connectivity index (χ0) is 15.1. The number of nitrogens with zero attached hydrogens (tertiary/aromatic N) is 2. The Kier molecular flexibility index (Phi) is 2.97. The highest BCUT2D eigenvalue weighted by atomic mass is 16.5. The highest BCUT2D eigenvalue weighted by molar-refractivity contribution is 6.07. The summed E-state index contributed by atoms with van der Waals surface area (Å²) in [6, 6.07) is 5.59. The summed E-state index contributed by atoms with van der Waals surface area (Å²) in [5.41, 5.74) is 11.1. The number of carbonyl (C=O) groups excluding carboxylic acids is 1. The average molecular weight is 281 g/mol. The number of hydrogen-bond acceptors (Lipinski definition) is 5. The molecule has 0 aliphatic carbocycles. The van der Waals surface area contributed by atoms with Crippen LogP contribution >= 0.6 is 0 Å². The summed E-state index contributed by atoms with van der Waals surface area (Å²) < 4.78 is 4.95. The third-order valence-corrected chi connectivity index (χ3v) is 3.49. The summed E-state index contributed by atoms with van der Waals surface area (Å²) in [6.45, 7) is 5.32. The quantitative estimate of drug-likeness (QED) is 0.729. The molecule has 0 aliphatic rings. The summed E-state index contributed by atoms with van der Waals surface area (Å²) in [4.78, 5) is 16.4. The first-order chi connectivity index (χ1) is 9.97. The van der Waals surface area contributed by atoms with Crippen molar-refractivity contribution in [3.63, 3.8) is 0 Å². The first-order valence-electron chi connectivity index (χ1n) is 6.60. The van der Waals surface area contributed by atoms with E-state index in [-0.39, 0.29) is 5.78 Å². The number of nitrogens with two attached hydrogens (primary N) is 1. The summed E-state index contributed by atoms with van der Waals surface area (Å²) >= 11 is 0. The van der Waals surface area contributed by atoms with Crippen molar-refractivity contribution in [2.45, 2.75) is 20.8 Å². The molecule has 0 radical (unpaired) electrons. The smallest absolute Gasteiger partial charge is 0.160 e. The first-order valence-corrected chi connectivity index (χ1v) is 6.60. The van der Waals surface area contributed by atoms with Gasteiger partial charge in [-0.1, -0.05) is 5.16 Å². The second kappa shape index (κ2) is 4.70. The van der Waals surface area contributed by atoms with Gasteiger partial charge in [0.05, 0.1) is 28.2 Å². The average Bonchev–Trinajstić information content (AvgIpc) is 2.83. The van der Waals surface area contributed by atoms with Crippen molar-refractivity contribution in [2.75, 3.05) is 5.73 Å². The first kappa shape index (κ1) is 13.3. The van der Waals surface area contributed by atoms with Crippen LogP contribution in [0.4, 0.5) is 5.69 Å². The van der Waals surface area contributed by atoms with Gasteiger partial charge in [-0.3, -0.25) is 4.79 Å². The summed E-state index contributed by atoms with van der Waals surface area (Å²) in [7, 11) is 0. The molecule has 2 N–H and O–H groups in total. The Balaban J connectivity index is 2.35. The molecule has 0 bridgehead atoms. The van der Waals surface area contributed by atoms with E-state index in [0.29, 0.717) is 16.9 Å². The topological polar surface area (TPSA) is 82.0 Å². The van der Waals surface area contributed by atoms with Crippen LogP contribution in [0.1, 0.15) is 28.5 Å². The van der Waals surface area contributed by atoms with Gasteiger partial charge in [0.2, 0.25) is 0 Å². The van der Waals surface area contributed by atoms with Crippen molar-refractivity contribution in [1.82, 2.24) is 10.1 Å². The fourth-order valence-electron chi connectivity index (χ4n) is 2.46. The molecule has 0 saturated heterocycles. The number of pyridine rings is 1. The third-order valence-electron chi connectivity index (χ3n) is 3.49. The lowest BCUT2D eigenvalue weighted by Crippen LogP contribution is -2.00. The SMILES string of the molecule is CC(=O)c1cc(C)cc2nc(-c3conc3C)c(N)cc12. The number of benzene rings is 1. The zero-order valence-electron chi connectivity index (χ0n) is 12.1. The molecule has 0 saturated carbocycles. The molecule has 3 rings (SSSR count). The van der Waals surface area contributed by atoms with Gasteiger partial charge < -0.3 is 10.3 Å². The molecular weight excluding hydrogens is 266 g/mol. The number of fused-ring (bicyclic) bond motifs is 1. The van der Waals surface area contributed by atoms with Crippen LogP contribution in [0.3, 0.4) is 0 Å².